The Hall–Kier alpha value is -0.900. The van der Waals surface area contributed by atoms with Crippen LogP contribution < -0.4 is 0 Å². The van der Waals surface area contributed by atoms with E-state index in [1.165, 1.54) is 15.0 Å². The molecule has 1 aliphatic carbocycles. The maximum atomic E-state index is 5.94. The van der Waals surface area contributed by atoms with Crippen molar-refractivity contribution in [1.82, 2.24) is 0 Å². The van der Waals surface area contributed by atoms with Gasteiger partial charge in [0, 0.05) is 35.6 Å². The molecule has 1 fully saturated rings. The normalized spacial score (nSPS) is 19.1. The first-order chi connectivity index (χ1) is 10.3. The van der Waals surface area contributed by atoms with E-state index >= 15 is 0 Å². The van der Waals surface area contributed by atoms with Gasteiger partial charge in [-0.3, -0.25) is 0 Å². The Labute approximate surface area is 131 Å². The molecule has 0 bridgehead atoms. The van der Waals surface area contributed by atoms with Crippen LogP contribution in [0.25, 0.3) is 10.1 Å². The summed E-state index contributed by atoms with van der Waals surface area (Å²) in [4.78, 5) is 1.53. The average Bonchev–Trinajstić information content (AvgIpc) is 2.92. The Kier molecular flexibility index (Phi) is 4.63. The monoisotopic (exact) mass is 304 g/mol. The predicted octanol–water partition coefficient (Wildman–Crippen LogP) is 5.33. The molecule has 2 nitrogen and oxygen atoms in total. The van der Waals surface area contributed by atoms with E-state index in [1.54, 1.807) is 0 Å². The Morgan fingerprint density at radius 2 is 1.76 bits per heavy atom. The van der Waals surface area contributed by atoms with Gasteiger partial charge >= 0.3 is 0 Å². The van der Waals surface area contributed by atoms with E-state index in [4.69, 9.17) is 9.47 Å². The van der Waals surface area contributed by atoms with Crippen molar-refractivity contribution >= 4 is 21.4 Å². The van der Waals surface area contributed by atoms with Crippen LogP contribution in [-0.4, -0.2) is 19.0 Å². The molecular formula is C18H24O2S. The highest BCUT2D eigenvalue weighted by Crippen LogP contribution is 2.43. The molecule has 1 aliphatic rings. The molecule has 1 saturated carbocycles. The molecule has 2 aromatic rings. The van der Waals surface area contributed by atoms with Crippen LogP contribution in [0.1, 0.15) is 50.3 Å². The first-order valence-corrected chi connectivity index (χ1v) is 8.84. The summed E-state index contributed by atoms with van der Waals surface area (Å²) in [5, 5.41) is 1.38. The molecule has 3 heteroatoms. The van der Waals surface area contributed by atoms with Gasteiger partial charge in [-0.05, 0) is 50.1 Å². The Morgan fingerprint density at radius 1 is 1.10 bits per heavy atom. The van der Waals surface area contributed by atoms with Crippen molar-refractivity contribution in [3.8, 4) is 0 Å². The second kappa shape index (κ2) is 6.47. The Bertz CT molecular complexity index is 541. The van der Waals surface area contributed by atoms with E-state index in [9.17, 15) is 0 Å². The smallest absolute Gasteiger partial charge is 0.168 e. The summed E-state index contributed by atoms with van der Waals surface area (Å²) in [7, 11) is 0. The minimum absolute atomic E-state index is 0.323. The fourth-order valence-corrected chi connectivity index (χ4v) is 4.64. The zero-order chi connectivity index (χ0) is 14.7. The molecule has 0 atom stereocenters. The van der Waals surface area contributed by atoms with E-state index in [1.807, 2.05) is 11.3 Å². The Balaban J connectivity index is 1.72. The van der Waals surface area contributed by atoms with Crippen LogP contribution in [-0.2, 0) is 9.47 Å². The Morgan fingerprint density at radius 3 is 2.38 bits per heavy atom. The van der Waals surface area contributed by atoms with Gasteiger partial charge in [0.1, 0.15) is 0 Å². The largest absolute Gasteiger partial charge is 0.350 e. The number of benzene rings is 1. The van der Waals surface area contributed by atoms with Gasteiger partial charge in [-0.1, -0.05) is 18.2 Å². The van der Waals surface area contributed by atoms with Gasteiger partial charge in [0.2, 0.25) is 0 Å². The summed E-state index contributed by atoms with van der Waals surface area (Å²) in [6, 6.07) is 11.0. The lowest BCUT2D eigenvalue weighted by Gasteiger charge is -2.39. The van der Waals surface area contributed by atoms with Crippen LogP contribution in [0, 0.1) is 0 Å². The molecule has 1 aromatic heterocycles. The molecule has 0 spiro atoms. The summed E-state index contributed by atoms with van der Waals surface area (Å²) in [6.45, 7) is 5.57. The standard InChI is InChI=1S/C18H24O2S/c1-3-19-18(20-4-2)11-9-14(10-12-18)17-13-15-7-5-6-8-16(15)21-17/h5-8,13-14H,3-4,9-12H2,1-2H3. The fourth-order valence-electron chi connectivity index (χ4n) is 3.40. The number of rotatable bonds is 5. The van der Waals surface area contributed by atoms with Crippen LogP contribution in [0.3, 0.4) is 0 Å². The molecule has 3 rings (SSSR count). The minimum atomic E-state index is -0.323. The minimum Gasteiger partial charge on any atom is -0.350 e. The van der Waals surface area contributed by atoms with Gasteiger partial charge in [0.25, 0.3) is 0 Å². The molecule has 0 aliphatic heterocycles. The molecule has 21 heavy (non-hydrogen) atoms. The molecule has 1 aromatic carbocycles. The van der Waals surface area contributed by atoms with Gasteiger partial charge in [0.15, 0.2) is 5.79 Å². The summed E-state index contributed by atoms with van der Waals surface area (Å²) in [5.41, 5.74) is 0. The van der Waals surface area contributed by atoms with Crippen molar-refractivity contribution in [3.63, 3.8) is 0 Å². The number of fused-ring (bicyclic) bond motifs is 1. The lowest BCUT2D eigenvalue weighted by atomic mass is 9.84. The van der Waals surface area contributed by atoms with Crippen LogP contribution in [0.15, 0.2) is 30.3 Å². The molecule has 0 saturated heterocycles. The van der Waals surface area contributed by atoms with Gasteiger partial charge < -0.3 is 9.47 Å². The third-order valence-corrected chi connectivity index (χ3v) is 5.69. The van der Waals surface area contributed by atoms with E-state index < -0.39 is 0 Å². The van der Waals surface area contributed by atoms with Gasteiger partial charge in [-0.2, -0.15) is 0 Å². The summed E-state index contributed by atoms with van der Waals surface area (Å²) < 4.78 is 13.3. The fraction of sp³-hybridized carbons (Fsp3) is 0.556. The van der Waals surface area contributed by atoms with E-state index in [-0.39, 0.29) is 5.79 Å². The third-order valence-electron chi connectivity index (χ3n) is 4.41. The maximum Gasteiger partial charge on any atom is 0.168 e. The van der Waals surface area contributed by atoms with Crippen LogP contribution >= 0.6 is 11.3 Å². The van der Waals surface area contributed by atoms with Gasteiger partial charge in [0.05, 0.1) is 0 Å². The number of hydrogen-bond acceptors (Lipinski definition) is 3. The van der Waals surface area contributed by atoms with E-state index in [0.29, 0.717) is 5.92 Å². The van der Waals surface area contributed by atoms with Gasteiger partial charge in [-0.15, -0.1) is 11.3 Å². The van der Waals surface area contributed by atoms with Crippen LogP contribution in [0.4, 0.5) is 0 Å². The van der Waals surface area contributed by atoms with Crippen molar-refractivity contribution in [2.45, 2.75) is 51.2 Å². The second-order valence-electron chi connectivity index (χ2n) is 5.74. The molecule has 0 unspecified atom stereocenters. The summed E-state index contributed by atoms with van der Waals surface area (Å²) in [6.07, 6.45) is 4.33. The highest BCUT2D eigenvalue weighted by molar-refractivity contribution is 7.19. The summed E-state index contributed by atoms with van der Waals surface area (Å²) >= 11 is 1.95. The molecule has 114 valence electrons. The molecular weight excluding hydrogens is 280 g/mol. The summed E-state index contributed by atoms with van der Waals surface area (Å²) in [5.74, 6) is 0.341. The highest BCUT2D eigenvalue weighted by Gasteiger charge is 2.37. The average molecular weight is 304 g/mol. The molecule has 1 heterocycles. The molecule has 0 radical (unpaired) electrons. The van der Waals surface area contributed by atoms with E-state index in [0.717, 1.165) is 38.9 Å². The van der Waals surface area contributed by atoms with E-state index in [2.05, 4.69) is 44.2 Å². The lowest BCUT2D eigenvalue weighted by molar-refractivity contribution is -0.249. The maximum absolute atomic E-state index is 5.94. The van der Waals surface area contributed by atoms with Crippen molar-refractivity contribution in [2.24, 2.45) is 0 Å². The first-order valence-electron chi connectivity index (χ1n) is 8.03. The van der Waals surface area contributed by atoms with Crippen molar-refractivity contribution in [1.29, 1.82) is 0 Å². The number of hydrogen-bond donors (Lipinski definition) is 0. The molecule has 0 N–H and O–H groups in total. The number of thiophene rings is 1. The van der Waals surface area contributed by atoms with Crippen molar-refractivity contribution in [3.05, 3.63) is 35.2 Å². The zero-order valence-corrected chi connectivity index (χ0v) is 13.7. The third kappa shape index (κ3) is 3.15. The van der Waals surface area contributed by atoms with Crippen molar-refractivity contribution < 1.29 is 9.47 Å². The SMILES string of the molecule is CCOC1(OCC)CCC(c2cc3ccccc3s2)CC1. The van der Waals surface area contributed by atoms with Crippen LogP contribution in [0.2, 0.25) is 0 Å². The zero-order valence-electron chi connectivity index (χ0n) is 12.9. The number of ether oxygens (including phenoxy) is 2. The highest BCUT2D eigenvalue weighted by atomic mass is 32.1. The quantitative estimate of drug-likeness (QED) is 0.695. The van der Waals surface area contributed by atoms with Gasteiger partial charge in [-0.25, -0.2) is 0 Å². The molecule has 0 amide bonds. The topological polar surface area (TPSA) is 18.5 Å². The predicted molar refractivity (Wildman–Crippen MR) is 89.0 cm³/mol. The second-order valence-corrected chi connectivity index (χ2v) is 6.85. The lowest BCUT2D eigenvalue weighted by Crippen LogP contribution is -2.39. The van der Waals surface area contributed by atoms with Crippen molar-refractivity contribution in [2.75, 3.05) is 13.2 Å². The van der Waals surface area contributed by atoms with Crippen LogP contribution in [0.5, 0.6) is 0 Å². The first kappa shape index (κ1) is 15.0.